The number of rotatable bonds is 4. The van der Waals surface area contributed by atoms with Crippen LogP contribution in [0.3, 0.4) is 0 Å². The van der Waals surface area contributed by atoms with Gasteiger partial charge in [-0.25, -0.2) is 0 Å². The van der Waals surface area contributed by atoms with Gasteiger partial charge in [-0.2, -0.15) is 0 Å². The van der Waals surface area contributed by atoms with Gasteiger partial charge in [0.2, 0.25) is 6.54 Å². The lowest BCUT2D eigenvalue weighted by Gasteiger charge is -2.00. The highest BCUT2D eigenvalue weighted by molar-refractivity contribution is 5.23. The summed E-state index contributed by atoms with van der Waals surface area (Å²) in [5.41, 5.74) is 2.29. The molecule has 1 aromatic carbocycles. The van der Waals surface area contributed by atoms with Gasteiger partial charge in [0.25, 0.3) is 0 Å². The van der Waals surface area contributed by atoms with Gasteiger partial charge in [-0.3, -0.25) is 10.1 Å². The smallest absolute Gasteiger partial charge is 0.207 e. The van der Waals surface area contributed by atoms with Crippen LogP contribution in [0, 0.1) is 10.1 Å². The van der Waals surface area contributed by atoms with E-state index in [1.807, 2.05) is 24.3 Å². The van der Waals surface area contributed by atoms with E-state index in [2.05, 4.69) is 6.92 Å². The first-order valence-corrected chi connectivity index (χ1v) is 4.42. The topological polar surface area (TPSA) is 43.1 Å². The molecule has 3 nitrogen and oxygen atoms in total. The minimum absolute atomic E-state index is 0.0210. The van der Waals surface area contributed by atoms with E-state index in [1.54, 1.807) is 0 Å². The maximum absolute atomic E-state index is 10.1. The average Bonchev–Trinajstić information content (AvgIpc) is 2.15. The second-order valence-electron chi connectivity index (χ2n) is 2.98. The fraction of sp³-hybridized carbons (Fsp3) is 0.400. The van der Waals surface area contributed by atoms with E-state index >= 15 is 0 Å². The molecule has 0 N–H and O–H groups in total. The number of hydrogen-bond donors (Lipinski definition) is 0. The van der Waals surface area contributed by atoms with Crippen LogP contribution in [0.2, 0.25) is 0 Å². The molecule has 0 aliphatic rings. The molecule has 13 heavy (non-hydrogen) atoms. The Labute approximate surface area is 77.5 Å². The van der Waals surface area contributed by atoms with Crippen LogP contribution in [0.1, 0.15) is 18.1 Å². The van der Waals surface area contributed by atoms with Crippen molar-refractivity contribution in [3.63, 3.8) is 0 Å². The molecule has 0 spiro atoms. The molecule has 1 rings (SSSR count). The molecular formula is C10H13NO2. The maximum atomic E-state index is 10.1. The van der Waals surface area contributed by atoms with Crippen molar-refractivity contribution in [1.82, 2.24) is 0 Å². The number of aryl methyl sites for hydroxylation is 1. The van der Waals surface area contributed by atoms with Crippen LogP contribution in [0.4, 0.5) is 0 Å². The van der Waals surface area contributed by atoms with Gasteiger partial charge in [-0.1, -0.05) is 31.2 Å². The molecule has 0 amide bonds. The summed E-state index contributed by atoms with van der Waals surface area (Å²) >= 11 is 0. The van der Waals surface area contributed by atoms with Gasteiger partial charge in [0, 0.05) is 11.3 Å². The number of benzene rings is 1. The Bertz CT molecular complexity index is 297. The molecule has 0 fully saturated rings. The third-order valence-corrected chi connectivity index (χ3v) is 1.98. The van der Waals surface area contributed by atoms with Gasteiger partial charge in [0.15, 0.2) is 0 Å². The van der Waals surface area contributed by atoms with Crippen molar-refractivity contribution < 1.29 is 4.92 Å². The van der Waals surface area contributed by atoms with Crippen LogP contribution < -0.4 is 0 Å². The van der Waals surface area contributed by atoms with Crippen molar-refractivity contribution in [3.8, 4) is 0 Å². The van der Waals surface area contributed by atoms with Gasteiger partial charge in [0.05, 0.1) is 0 Å². The Kier molecular flexibility index (Phi) is 3.43. The first-order chi connectivity index (χ1) is 6.22. The Morgan fingerprint density at radius 1 is 1.38 bits per heavy atom. The second kappa shape index (κ2) is 4.60. The highest BCUT2D eigenvalue weighted by Crippen LogP contribution is 2.06. The van der Waals surface area contributed by atoms with E-state index in [9.17, 15) is 10.1 Å². The first kappa shape index (κ1) is 9.71. The van der Waals surface area contributed by atoms with Gasteiger partial charge < -0.3 is 0 Å². The largest absolute Gasteiger partial charge is 0.265 e. The highest BCUT2D eigenvalue weighted by atomic mass is 16.6. The van der Waals surface area contributed by atoms with E-state index in [1.165, 1.54) is 5.56 Å². The number of hydrogen-bond acceptors (Lipinski definition) is 2. The monoisotopic (exact) mass is 179 g/mol. The quantitative estimate of drug-likeness (QED) is 0.524. The summed E-state index contributed by atoms with van der Waals surface area (Å²) < 4.78 is 0. The molecule has 0 radical (unpaired) electrons. The molecule has 0 atom stereocenters. The van der Waals surface area contributed by atoms with Gasteiger partial charge in [0.1, 0.15) is 0 Å². The lowest BCUT2D eigenvalue weighted by atomic mass is 10.1. The Hall–Kier alpha value is -1.38. The first-order valence-electron chi connectivity index (χ1n) is 4.42. The minimum atomic E-state index is -0.279. The van der Waals surface area contributed by atoms with Gasteiger partial charge in [-0.15, -0.1) is 0 Å². The van der Waals surface area contributed by atoms with Gasteiger partial charge in [-0.05, 0) is 17.5 Å². The van der Waals surface area contributed by atoms with E-state index < -0.39 is 0 Å². The third kappa shape index (κ3) is 3.23. The summed E-state index contributed by atoms with van der Waals surface area (Å²) in [6, 6.07) is 7.95. The molecule has 0 aromatic heterocycles. The molecule has 0 aliphatic carbocycles. The minimum Gasteiger partial charge on any atom is -0.265 e. The van der Waals surface area contributed by atoms with Crippen LogP contribution in [-0.2, 0) is 12.8 Å². The van der Waals surface area contributed by atoms with Crippen molar-refractivity contribution in [2.75, 3.05) is 6.54 Å². The molecule has 0 unspecified atom stereocenters. The fourth-order valence-electron chi connectivity index (χ4n) is 1.23. The average molecular weight is 179 g/mol. The van der Waals surface area contributed by atoms with Crippen LogP contribution in [0.15, 0.2) is 24.3 Å². The predicted molar refractivity (Wildman–Crippen MR) is 51.4 cm³/mol. The van der Waals surface area contributed by atoms with E-state index in [0.29, 0.717) is 6.42 Å². The molecular weight excluding hydrogens is 166 g/mol. The summed E-state index contributed by atoms with van der Waals surface area (Å²) in [6.45, 7) is 2.10. The number of nitrogens with zero attached hydrogens (tertiary/aromatic N) is 1. The van der Waals surface area contributed by atoms with Crippen molar-refractivity contribution >= 4 is 0 Å². The third-order valence-electron chi connectivity index (χ3n) is 1.98. The SMILES string of the molecule is CCc1cccc(CC[N+](=O)[O-])c1. The van der Waals surface area contributed by atoms with Crippen molar-refractivity contribution in [2.24, 2.45) is 0 Å². The Morgan fingerprint density at radius 3 is 2.69 bits per heavy atom. The zero-order chi connectivity index (χ0) is 9.68. The zero-order valence-corrected chi connectivity index (χ0v) is 7.69. The molecule has 0 saturated carbocycles. The predicted octanol–water partition coefficient (Wildman–Crippen LogP) is 2.07. The normalized spacial score (nSPS) is 9.92. The van der Waals surface area contributed by atoms with Gasteiger partial charge >= 0.3 is 0 Å². The van der Waals surface area contributed by atoms with Crippen molar-refractivity contribution in [2.45, 2.75) is 19.8 Å². The summed E-state index contributed by atoms with van der Waals surface area (Å²) in [5, 5.41) is 10.1. The molecule has 70 valence electrons. The molecule has 0 heterocycles. The molecule has 3 heteroatoms. The zero-order valence-electron chi connectivity index (χ0n) is 7.69. The summed E-state index contributed by atoms with van der Waals surface area (Å²) in [7, 11) is 0. The van der Waals surface area contributed by atoms with Crippen LogP contribution in [0.25, 0.3) is 0 Å². The Balaban J connectivity index is 2.61. The Morgan fingerprint density at radius 2 is 2.08 bits per heavy atom. The fourth-order valence-corrected chi connectivity index (χ4v) is 1.23. The van der Waals surface area contributed by atoms with Crippen molar-refractivity contribution in [3.05, 3.63) is 45.5 Å². The molecule has 0 bridgehead atoms. The highest BCUT2D eigenvalue weighted by Gasteiger charge is 1.99. The summed E-state index contributed by atoms with van der Waals surface area (Å²) in [4.78, 5) is 9.85. The van der Waals surface area contributed by atoms with Crippen LogP contribution in [-0.4, -0.2) is 11.5 Å². The van der Waals surface area contributed by atoms with Crippen LogP contribution in [0.5, 0.6) is 0 Å². The van der Waals surface area contributed by atoms with Crippen LogP contribution >= 0.6 is 0 Å². The van der Waals surface area contributed by atoms with Crippen molar-refractivity contribution in [1.29, 1.82) is 0 Å². The molecule has 0 saturated heterocycles. The lowest BCUT2D eigenvalue weighted by molar-refractivity contribution is -0.479. The summed E-state index contributed by atoms with van der Waals surface area (Å²) in [5.74, 6) is 0. The second-order valence-corrected chi connectivity index (χ2v) is 2.98. The molecule has 1 aromatic rings. The number of nitro groups is 1. The van der Waals surface area contributed by atoms with E-state index in [4.69, 9.17) is 0 Å². The lowest BCUT2D eigenvalue weighted by Crippen LogP contribution is -2.04. The molecule has 0 aliphatic heterocycles. The summed E-state index contributed by atoms with van der Waals surface area (Å²) in [6.07, 6.45) is 1.51. The van der Waals surface area contributed by atoms with E-state index in [-0.39, 0.29) is 11.5 Å². The van der Waals surface area contributed by atoms with E-state index in [0.717, 1.165) is 12.0 Å². The maximum Gasteiger partial charge on any atom is 0.207 e. The standard InChI is InChI=1S/C10H13NO2/c1-2-9-4-3-5-10(8-9)6-7-11(12)13/h3-5,8H,2,6-7H2,1H3.